The van der Waals surface area contributed by atoms with E-state index in [9.17, 15) is 9.90 Å². The number of benzene rings is 1. The van der Waals surface area contributed by atoms with Crippen molar-refractivity contribution < 1.29 is 9.90 Å². The first-order chi connectivity index (χ1) is 8.72. The predicted octanol–water partition coefficient (Wildman–Crippen LogP) is 1.82. The molecule has 1 saturated carbocycles. The van der Waals surface area contributed by atoms with Crippen molar-refractivity contribution in [2.24, 2.45) is 0 Å². The molecule has 0 saturated heterocycles. The molecular formula is C15H19NO2. The molecule has 0 aromatic heterocycles. The highest BCUT2D eigenvalue weighted by molar-refractivity contribution is 5.95. The number of amides is 1. The zero-order valence-corrected chi connectivity index (χ0v) is 10.5. The topological polar surface area (TPSA) is 49.3 Å². The van der Waals surface area contributed by atoms with E-state index in [2.05, 4.69) is 11.4 Å². The Morgan fingerprint density at radius 1 is 1.22 bits per heavy atom. The molecule has 96 valence electrons. The molecule has 0 unspecified atom stereocenters. The average Bonchev–Trinajstić information content (AvgIpc) is 2.80. The Hall–Kier alpha value is -1.35. The summed E-state index contributed by atoms with van der Waals surface area (Å²) in [5.74, 6) is -0.0431. The van der Waals surface area contributed by atoms with Crippen LogP contribution in [0.3, 0.4) is 0 Å². The van der Waals surface area contributed by atoms with Crippen molar-refractivity contribution in [1.29, 1.82) is 0 Å². The number of hydrogen-bond acceptors (Lipinski definition) is 2. The number of aryl methyl sites for hydroxylation is 2. The van der Waals surface area contributed by atoms with Crippen LogP contribution in [0.25, 0.3) is 0 Å². The van der Waals surface area contributed by atoms with Crippen molar-refractivity contribution in [3.63, 3.8) is 0 Å². The summed E-state index contributed by atoms with van der Waals surface area (Å²) in [6.45, 7) is 0.0453. The van der Waals surface area contributed by atoms with Crippen LogP contribution >= 0.6 is 0 Å². The lowest BCUT2D eigenvalue weighted by Crippen LogP contribution is -2.56. The second-order valence-electron chi connectivity index (χ2n) is 5.58. The maximum atomic E-state index is 12.2. The highest BCUT2D eigenvalue weighted by Gasteiger charge is 2.37. The van der Waals surface area contributed by atoms with Crippen LogP contribution in [0.15, 0.2) is 18.2 Å². The summed E-state index contributed by atoms with van der Waals surface area (Å²) in [6, 6.07) is 5.99. The maximum absolute atomic E-state index is 12.2. The number of aliphatic hydroxyl groups is 1. The van der Waals surface area contributed by atoms with E-state index in [-0.39, 0.29) is 18.1 Å². The van der Waals surface area contributed by atoms with E-state index in [0.29, 0.717) is 0 Å². The lowest BCUT2D eigenvalue weighted by molar-refractivity contribution is 0.0641. The molecule has 0 spiro atoms. The van der Waals surface area contributed by atoms with Crippen LogP contribution in [-0.2, 0) is 12.8 Å². The lowest BCUT2D eigenvalue weighted by atomic mass is 9.77. The van der Waals surface area contributed by atoms with Gasteiger partial charge in [-0.3, -0.25) is 4.79 Å². The van der Waals surface area contributed by atoms with Crippen molar-refractivity contribution in [1.82, 2.24) is 5.32 Å². The van der Waals surface area contributed by atoms with Crippen LogP contribution in [0.4, 0.5) is 0 Å². The van der Waals surface area contributed by atoms with Gasteiger partial charge in [0.05, 0.1) is 12.1 Å². The lowest BCUT2D eigenvalue weighted by Gasteiger charge is -2.41. The Morgan fingerprint density at radius 3 is 2.67 bits per heavy atom. The fraction of sp³-hybridized carbons (Fsp3) is 0.533. The summed E-state index contributed by atoms with van der Waals surface area (Å²) in [5, 5.41) is 12.4. The number of carbonyl (C=O) groups excluding carboxylic acids is 1. The first-order valence-electron chi connectivity index (χ1n) is 6.78. The molecule has 0 heterocycles. The molecule has 18 heavy (non-hydrogen) atoms. The summed E-state index contributed by atoms with van der Waals surface area (Å²) < 4.78 is 0. The van der Waals surface area contributed by atoms with Gasteiger partial charge in [0.2, 0.25) is 0 Å². The molecule has 1 fully saturated rings. The molecular weight excluding hydrogens is 226 g/mol. The fourth-order valence-electron chi connectivity index (χ4n) is 2.95. The molecule has 0 radical (unpaired) electrons. The first kappa shape index (κ1) is 11.7. The normalized spacial score (nSPS) is 20.1. The summed E-state index contributed by atoms with van der Waals surface area (Å²) in [4.78, 5) is 12.2. The second kappa shape index (κ2) is 4.39. The minimum absolute atomic E-state index is 0.0431. The molecule has 1 aromatic carbocycles. The summed E-state index contributed by atoms with van der Waals surface area (Å²) >= 11 is 0. The highest BCUT2D eigenvalue weighted by atomic mass is 16.3. The SMILES string of the molecule is O=C(NC1(CO)CCC1)c1ccc2c(c1)CCC2. The van der Waals surface area contributed by atoms with Crippen molar-refractivity contribution in [2.45, 2.75) is 44.1 Å². The molecule has 1 amide bonds. The van der Waals surface area contributed by atoms with E-state index in [4.69, 9.17) is 0 Å². The number of aliphatic hydroxyl groups excluding tert-OH is 1. The minimum atomic E-state index is -0.351. The van der Waals surface area contributed by atoms with E-state index in [1.165, 1.54) is 17.5 Å². The molecule has 0 aliphatic heterocycles. The fourth-order valence-corrected chi connectivity index (χ4v) is 2.95. The van der Waals surface area contributed by atoms with Crippen molar-refractivity contribution >= 4 is 5.91 Å². The zero-order valence-electron chi connectivity index (χ0n) is 10.5. The van der Waals surface area contributed by atoms with Gasteiger partial charge in [0, 0.05) is 5.56 Å². The number of fused-ring (bicyclic) bond motifs is 1. The number of hydrogen-bond donors (Lipinski definition) is 2. The van der Waals surface area contributed by atoms with Gasteiger partial charge in [-0.1, -0.05) is 6.07 Å². The molecule has 0 bridgehead atoms. The van der Waals surface area contributed by atoms with E-state index in [0.717, 1.165) is 37.7 Å². The van der Waals surface area contributed by atoms with Crippen LogP contribution in [0.1, 0.15) is 47.2 Å². The third kappa shape index (κ3) is 1.93. The molecule has 2 N–H and O–H groups in total. The van der Waals surface area contributed by atoms with Crippen LogP contribution in [-0.4, -0.2) is 23.2 Å². The van der Waals surface area contributed by atoms with Gasteiger partial charge in [-0.2, -0.15) is 0 Å². The van der Waals surface area contributed by atoms with Gasteiger partial charge < -0.3 is 10.4 Å². The number of nitrogens with one attached hydrogen (secondary N) is 1. The standard InChI is InChI=1S/C15H19NO2/c17-10-15(7-2-8-15)16-14(18)13-6-5-11-3-1-4-12(11)9-13/h5-6,9,17H,1-4,7-8,10H2,(H,16,18). The molecule has 2 aliphatic rings. The Kier molecular flexibility index (Phi) is 2.86. The van der Waals surface area contributed by atoms with Crippen molar-refractivity contribution in [3.8, 4) is 0 Å². The Balaban J connectivity index is 1.76. The van der Waals surface area contributed by atoms with E-state index >= 15 is 0 Å². The van der Waals surface area contributed by atoms with Crippen LogP contribution in [0, 0.1) is 0 Å². The van der Waals surface area contributed by atoms with Crippen molar-refractivity contribution in [3.05, 3.63) is 34.9 Å². The zero-order chi connectivity index (χ0) is 12.6. The van der Waals surface area contributed by atoms with Crippen LogP contribution in [0.5, 0.6) is 0 Å². The molecule has 3 heteroatoms. The first-order valence-corrected chi connectivity index (χ1v) is 6.78. The van der Waals surface area contributed by atoms with E-state index in [1.807, 2.05) is 12.1 Å². The molecule has 0 atom stereocenters. The van der Waals surface area contributed by atoms with E-state index < -0.39 is 0 Å². The summed E-state index contributed by atoms with van der Waals surface area (Å²) in [5.41, 5.74) is 3.08. The third-order valence-corrected chi connectivity index (χ3v) is 4.35. The average molecular weight is 245 g/mol. The van der Waals surface area contributed by atoms with Gasteiger partial charge in [-0.15, -0.1) is 0 Å². The molecule has 2 aliphatic carbocycles. The van der Waals surface area contributed by atoms with E-state index in [1.54, 1.807) is 0 Å². The monoisotopic (exact) mass is 245 g/mol. The Labute approximate surface area is 107 Å². The second-order valence-corrected chi connectivity index (χ2v) is 5.58. The molecule has 3 nitrogen and oxygen atoms in total. The van der Waals surface area contributed by atoms with Gasteiger partial charge in [-0.05, 0) is 61.8 Å². The summed E-state index contributed by atoms with van der Waals surface area (Å²) in [6.07, 6.45) is 6.28. The molecule has 3 rings (SSSR count). The highest BCUT2D eigenvalue weighted by Crippen LogP contribution is 2.31. The number of carbonyl (C=O) groups is 1. The van der Waals surface area contributed by atoms with Gasteiger partial charge in [-0.25, -0.2) is 0 Å². The Morgan fingerprint density at radius 2 is 2.00 bits per heavy atom. The van der Waals surface area contributed by atoms with Gasteiger partial charge in [0.1, 0.15) is 0 Å². The smallest absolute Gasteiger partial charge is 0.251 e. The van der Waals surface area contributed by atoms with Gasteiger partial charge in [0.15, 0.2) is 0 Å². The van der Waals surface area contributed by atoms with Crippen LogP contribution < -0.4 is 5.32 Å². The minimum Gasteiger partial charge on any atom is -0.394 e. The Bertz CT molecular complexity index is 472. The van der Waals surface area contributed by atoms with Gasteiger partial charge in [0.25, 0.3) is 5.91 Å². The predicted molar refractivity (Wildman–Crippen MR) is 69.6 cm³/mol. The van der Waals surface area contributed by atoms with Crippen LogP contribution in [0.2, 0.25) is 0 Å². The number of rotatable bonds is 3. The maximum Gasteiger partial charge on any atom is 0.251 e. The third-order valence-electron chi connectivity index (χ3n) is 4.35. The van der Waals surface area contributed by atoms with Crippen molar-refractivity contribution in [2.75, 3.05) is 6.61 Å². The summed E-state index contributed by atoms with van der Waals surface area (Å²) in [7, 11) is 0. The quantitative estimate of drug-likeness (QED) is 0.853. The van der Waals surface area contributed by atoms with Gasteiger partial charge >= 0.3 is 0 Å². The largest absolute Gasteiger partial charge is 0.394 e. The molecule has 1 aromatic rings.